The van der Waals surface area contributed by atoms with Gasteiger partial charge in [0.05, 0.1) is 0 Å². The molecule has 0 nitrogen and oxygen atoms in total. The molecular formula is C21H14S6. The van der Waals surface area contributed by atoms with Crippen LogP contribution in [0.5, 0.6) is 0 Å². The van der Waals surface area contributed by atoms with Crippen molar-refractivity contribution in [1.29, 1.82) is 0 Å². The number of thiophene rings is 6. The molecule has 6 aromatic rings. The van der Waals surface area contributed by atoms with Gasteiger partial charge in [-0.1, -0.05) is 6.92 Å². The van der Waals surface area contributed by atoms with E-state index < -0.39 is 0 Å². The van der Waals surface area contributed by atoms with E-state index in [9.17, 15) is 0 Å². The second-order valence-electron chi connectivity index (χ2n) is 6.55. The van der Waals surface area contributed by atoms with Gasteiger partial charge >= 0.3 is 0 Å². The van der Waals surface area contributed by atoms with Crippen molar-refractivity contribution >= 4 is 96.2 Å². The Kier molecular flexibility index (Phi) is 3.90. The van der Waals surface area contributed by atoms with Crippen LogP contribution in [0.2, 0.25) is 0 Å². The lowest BCUT2D eigenvalue weighted by Gasteiger charge is -1.90. The van der Waals surface area contributed by atoms with Gasteiger partial charge in [-0.05, 0) is 49.7 Å². The zero-order chi connectivity index (χ0) is 18.1. The van der Waals surface area contributed by atoms with Crippen LogP contribution in [0.3, 0.4) is 0 Å². The molecule has 6 heteroatoms. The van der Waals surface area contributed by atoms with Gasteiger partial charge in [0.25, 0.3) is 0 Å². The van der Waals surface area contributed by atoms with Gasteiger partial charge in [-0.25, -0.2) is 0 Å². The molecule has 0 aliphatic heterocycles. The summed E-state index contributed by atoms with van der Waals surface area (Å²) in [5.74, 6) is 0. The molecule has 0 saturated carbocycles. The van der Waals surface area contributed by atoms with Crippen LogP contribution < -0.4 is 0 Å². The highest BCUT2D eigenvalue weighted by Crippen LogP contribution is 2.47. The third kappa shape index (κ3) is 2.77. The van der Waals surface area contributed by atoms with Gasteiger partial charge in [0.2, 0.25) is 0 Å². The zero-order valence-electron chi connectivity index (χ0n) is 14.6. The van der Waals surface area contributed by atoms with Crippen molar-refractivity contribution in [2.75, 3.05) is 0 Å². The minimum absolute atomic E-state index is 1.14. The van der Waals surface area contributed by atoms with E-state index in [4.69, 9.17) is 0 Å². The zero-order valence-corrected chi connectivity index (χ0v) is 19.5. The van der Waals surface area contributed by atoms with E-state index in [1.54, 1.807) is 0 Å². The standard InChI is InChI=1S/C21H14S6/c1-3-11-5-13-15(23-11)7-17(25-13)19-9-21-20(27-19)8-18(26-21)16-6-14-12(24-16)4-10(2)22-14/h4-9H,3H2,1-2H3. The largest absolute Gasteiger partial charge is 0.140 e. The first-order valence-electron chi connectivity index (χ1n) is 8.72. The molecule has 0 N–H and O–H groups in total. The Bertz CT molecular complexity index is 1330. The average Bonchev–Trinajstić information content (AvgIpc) is 3.39. The van der Waals surface area contributed by atoms with Gasteiger partial charge in [-0.15, -0.1) is 68.0 Å². The SMILES string of the molecule is CCc1cc2sc(-c3cc4sc(-c5cc6sc(C)cc6s5)cc4s3)cc2s1. The first-order valence-corrected chi connectivity index (χ1v) is 13.6. The van der Waals surface area contributed by atoms with Crippen LogP contribution in [0.15, 0.2) is 36.4 Å². The van der Waals surface area contributed by atoms with Gasteiger partial charge in [-0.3, -0.25) is 0 Å². The number of fused-ring (bicyclic) bond motifs is 3. The highest BCUT2D eigenvalue weighted by molar-refractivity contribution is 7.36. The molecule has 0 bridgehead atoms. The summed E-state index contributed by atoms with van der Waals surface area (Å²) >= 11 is 11.6. The topological polar surface area (TPSA) is 0 Å². The van der Waals surface area contributed by atoms with Gasteiger partial charge in [0.1, 0.15) is 0 Å². The van der Waals surface area contributed by atoms with Crippen molar-refractivity contribution in [2.24, 2.45) is 0 Å². The fraction of sp³-hybridized carbons (Fsp3) is 0.143. The molecule has 0 aliphatic rings. The summed E-state index contributed by atoms with van der Waals surface area (Å²) in [6.07, 6.45) is 1.14. The van der Waals surface area contributed by atoms with Gasteiger partial charge < -0.3 is 0 Å². The van der Waals surface area contributed by atoms with Crippen LogP contribution in [-0.4, -0.2) is 0 Å². The maximum atomic E-state index is 2.39. The van der Waals surface area contributed by atoms with Crippen molar-refractivity contribution in [3.8, 4) is 19.5 Å². The molecule has 0 fully saturated rings. The monoisotopic (exact) mass is 458 g/mol. The lowest BCUT2D eigenvalue weighted by atomic mass is 10.3. The molecule has 6 heterocycles. The molecule has 0 saturated heterocycles. The molecule has 6 rings (SSSR count). The maximum Gasteiger partial charge on any atom is 0.0464 e. The van der Waals surface area contributed by atoms with E-state index >= 15 is 0 Å². The first-order chi connectivity index (χ1) is 13.2. The van der Waals surface area contributed by atoms with Crippen LogP contribution in [-0.2, 0) is 6.42 Å². The lowest BCUT2D eigenvalue weighted by Crippen LogP contribution is -1.64. The third-order valence-corrected chi connectivity index (χ3v) is 12.0. The molecule has 134 valence electrons. The van der Waals surface area contributed by atoms with Crippen LogP contribution >= 0.6 is 68.0 Å². The maximum absolute atomic E-state index is 2.39. The fourth-order valence-electron chi connectivity index (χ4n) is 3.34. The Morgan fingerprint density at radius 2 is 0.926 bits per heavy atom. The van der Waals surface area contributed by atoms with E-state index in [1.807, 2.05) is 68.0 Å². The summed E-state index contributed by atoms with van der Waals surface area (Å²) in [7, 11) is 0. The molecule has 0 aliphatic carbocycles. The Morgan fingerprint density at radius 1 is 0.519 bits per heavy atom. The van der Waals surface area contributed by atoms with Crippen molar-refractivity contribution in [1.82, 2.24) is 0 Å². The normalized spacial score (nSPS) is 12.2. The molecule has 27 heavy (non-hydrogen) atoms. The molecule has 0 spiro atoms. The highest BCUT2D eigenvalue weighted by atomic mass is 32.1. The van der Waals surface area contributed by atoms with Crippen LogP contribution in [0.25, 0.3) is 47.7 Å². The summed E-state index contributed by atoms with van der Waals surface area (Å²) in [6, 6.07) is 14.2. The number of aryl methyl sites for hydroxylation is 2. The van der Waals surface area contributed by atoms with Gasteiger partial charge in [0.15, 0.2) is 0 Å². The van der Waals surface area contributed by atoms with Gasteiger partial charge in [-0.2, -0.15) is 0 Å². The van der Waals surface area contributed by atoms with E-state index in [2.05, 4.69) is 50.2 Å². The average molecular weight is 459 g/mol. The van der Waals surface area contributed by atoms with E-state index in [0.717, 1.165) is 6.42 Å². The van der Waals surface area contributed by atoms with Crippen LogP contribution in [0, 0.1) is 6.92 Å². The summed E-state index contributed by atoms with van der Waals surface area (Å²) in [6.45, 7) is 4.43. The third-order valence-electron chi connectivity index (χ3n) is 4.63. The van der Waals surface area contributed by atoms with Crippen molar-refractivity contribution in [2.45, 2.75) is 20.3 Å². The van der Waals surface area contributed by atoms with Crippen molar-refractivity contribution in [3.63, 3.8) is 0 Å². The lowest BCUT2D eigenvalue weighted by molar-refractivity contribution is 1.19. The Hall–Kier alpha value is -1.02. The number of hydrogen-bond acceptors (Lipinski definition) is 6. The smallest absolute Gasteiger partial charge is 0.0464 e. The summed E-state index contributed by atoms with van der Waals surface area (Å²) in [5.41, 5.74) is 0. The van der Waals surface area contributed by atoms with Crippen LogP contribution in [0.1, 0.15) is 16.7 Å². The molecular weight excluding hydrogens is 445 g/mol. The quantitative estimate of drug-likeness (QED) is 0.247. The molecule has 0 aromatic carbocycles. The minimum Gasteiger partial charge on any atom is -0.140 e. The minimum atomic E-state index is 1.14. The van der Waals surface area contributed by atoms with Crippen molar-refractivity contribution in [3.05, 3.63) is 46.2 Å². The molecule has 6 aromatic heterocycles. The second kappa shape index (κ2) is 6.24. The second-order valence-corrected chi connectivity index (χ2v) is 13.3. The fourth-order valence-corrected chi connectivity index (χ4v) is 10.6. The van der Waals surface area contributed by atoms with E-state index in [0.29, 0.717) is 0 Å². The highest BCUT2D eigenvalue weighted by Gasteiger charge is 2.15. The number of hydrogen-bond donors (Lipinski definition) is 0. The van der Waals surface area contributed by atoms with E-state index in [-0.39, 0.29) is 0 Å². The van der Waals surface area contributed by atoms with E-state index in [1.165, 1.54) is 57.5 Å². The Morgan fingerprint density at radius 3 is 1.37 bits per heavy atom. The first kappa shape index (κ1) is 16.9. The predicted molar refractivity (Wildman–Crippen MR) is 131 cm³/mol. The Balaban J connectivity index is 1.38. The summed E-state index contributed by atoms with van der Waals surface area (Å²) in [4.78, 5) is 8.55. The summed E-state index contributed by atoms with van der Waals surface area (Å²) < 4.78 is 8.58. The molecule has 0 amide bonds. The predicted octanol–water partition coefficient (Wildman–Crippen LogP) is 9.72. The van der Waals surface area contributed by atoms with Gasteiger partial charge in [0, 0.05) is 57.5 Å². The molecule has 0 radical (unpaired) electrons. The molecule has 0 unspecified atom stereocenters. The number of rotatable bonds is 3. The van der Waals surface area contributed by atoms with Crippen LogP contribution in [0.4, 0.5) is 0 Å². The van der Waals surface area contributed by atoms with Crippen molar-refractivity contribution < 1.29 is 0 Å². The Labute approximate surface area is 181 Å². The summed E-state index contributed by atoms with van der Waals surface area (Å²) in [5, 5.41) is 0. The molecule has 0 atom stereocenters.